The molecule has 2 aromatic carbocycles. The molecule has 0 fully saturated rings. The largest absolute Gasteiger partial charge is 0.326 e. The second-order valence-corrected chi connectivity index (χ2v) is 7.26. The maximum atomic E-state index is 13.8. The highest BCUT2D eigenvalue weighted by molar-refractivity contribution is 6.42. The Morgan fingerprint density at radius 3 is 2.50 bits per heavy atom. The summed E-state index contributed by atoms with van der Waals surface area (Å²) < 4.78 is 27.5. The van der Waals surface area contributed by atoms with Crippen molar-refractivity contribution in [1.82, 2.24) is 9.88 Å². The normalized spacial score (nSPS) is 11.6. The van der Waals surface area contributed by atoms with Gasteiger partial charge in [-0.25, -0.2) is 8.78 Å². The van der Waals surface area contributed by atoms with Gasteiger partial charge in [0, 0.05) is 30.6 Å². The van der Waals surface area contributed by atoms with Gasteiger partial charge < -0.3 is 4.90 Å². The number of nitriles is 1. The Bertz CT molecular complexity index is 1080. The number of halogens is 4. The predicted molar refractivity (Wildman–Crippen MR) is 110 cm³/mol. The van der Waals surface area contributed by atoms with Crippen molar-refractivity contribution in [3.8, 4) is 6.07 Å². The number of aromatic nitrogens is 1. The average molecular weight is 446 g/mol. The van der Waals surface area contributed by atoms with E-state index in [9.17, 15) is 18.8 Å². The second kappa shape index (κ2) is 9.66. The third-order valence-corrected chi connectivity index (χ3v) is 5.28. The Labute approximate surface area is 182 Å². The van der Waals surface area contributed by atoms with Crippen molar-refractivity contribution in [2.75, 3.05) is 0 Å². The SMILES string of the molecule is N#CC[C@H](c1cccc(Cl)c1Cl)N(Cc1cccnc1)C(=O)c1cc(F)cc(F)c1. The van der Waals surface area contributed by atoms with Gasteiger partial charge in [0.2, 0.25) is 0 Å². The number of nitrogens with zero attached hydrogens (tertiary/aromatic N) is 3. The summed E-state index contributed by atoms with van der Waals surface area (Å²) in [5, 5.41) is 9.89. The Hall–Kier alpha value is -3.01. The van der Waals surface area contributed by atoms with Crippen molar-refractivity contribution in [1.29, 1.82) is 5.26 Å². The molecule has 3 rings (SSSR count). The molecule has 3 aromatic rings. The van der Waals surface area contributed by atoms with Gasteiger partial charge in [0.1, 0.15) is 11.6 Å². The number of carbonyl (C=O) groups is 1. The predicted octanol–water partition coefficient (Wildman–Crippen LogP) is 5.96. The molecule has 0 saturated heterocycles. The van der Waals surface area contributed by atoms with Crippen LogP contribution in [0, 0.1) is 23.0 Å². The van der Waals surface area contributed by atoms with Crippen LogP contribution in [0.2, 0.25) is 10.0 Å². The highest BCUT2D eigenvalue weighted by Gasteiger charge is 2.29. The van der Waals surface area contributed by atoms with Crippen molar-refractivity contribution in [2.24, 2.45) is 0 Å². The summed E-state index contributed by atoms with van der Waals surface area (Å²) in [6, 6.07) is 12.2. The number of rotatable bonds is 6. The highest BCUT2D eigenvalue weighted by atomic mass is 35.5. The first-order valence-corrected chi connectivity index (χ1v) is 9.63. The summed E-state index contributed by atoms with van der Waals surface area (Å²) in [6.45, 7) is 0.0417. The minimum Gasteiger partial charge on any atom is -0.326 e. The molecule has 152 valence electrons. The molecule has 0 unspecified atom stereocenters. The molecule has 4 nitrogen and oxygen atoms in total. The Morgan fingerprint density at radius 2 is 1.87 bits per heavy atom. The van der Waals surface area contributed by atoms with Gasteiger partial charge in [0.25, 0.3) is 5.91 Å². The molecule has 0 radical (unpaired) electrons. The minimum absolute atomic E-state index is 0.0417. The smallest absolute Gasteiger partial charge is 0.254 e. The molecule has 0 saturated carbocycles. The van der Waals surface area contributed by atoms with Crippen LogP contribution in [0.15, 0.2) is 60.9 Å². The third kappa shape index (κ3) is 4.93. The number of benzene rings is 2. The maximum absolute atomic E-state index is 13.8. The standard InChI is InChI=1S/C22H15Cl2F2N3O/c23-19-5-1-4-18(21(19)24)20(6-7-27)29(13-14-3-2-8-28-12-14)22(30)15-9-16(25)11-17(26)10-15/h1-5,8-12,20H,6,13H2/t20-/m1/s1. The van der Waals surface area contributed by atoms with E-state index in [1.807, 2.05) is 6.07 Å². The van der Waals surface area contributed by atoms with E-state index < -0.39 is 23.6 Å². The highest BCUT2D eigenvalue weighted by Crippen LogP contribution is 2.36. The van der Waals surface area contributed by atoms with E-state index in [1.54, 1.807) is 42.7 Å². The van der Waals surface area contributed by atoms with Crippen LogP contribution in [-0.2, 0) is 6.54 Å². The van der Waals surface area contributed by atoms with Crippen molar-refractivity contribution in [3.63, 3.8) is 0 Å². The van der Waals surface area contributed by atoms with E-state index >= 15 is 0 Å². The first-order chi connectivity index (χ1) is 14.4. The van der Waals surface area contributed by atoms with Crippen LogP contribution in [0.3, 0.4) is 0 Å². The molecule has 0 aliphatic rings. The molecule has 8 heteroatoms. The van der Waals surface area contributed by atoms with Crippen LogP contribution < -0.4 is 0 Å². The lowest BCUT2D eigenvalue weighted by Gasteiger charge is -2.32. The number of hydrogen-bond donors (Lipinski definition) is 0. The molecule has 1 amide bonds. The molecule has 0 N–H and O–H groups in total. The second-order valence-electron chi connectivity index (χ2n) is 6.47. The third-order valence-electron chi connectivity index (χ3n) is 4.45. The fraction of sp³-hybridized carbons (Fsp3) is 0.136. The fourth-order valence-corrected chi connectivity index (χ4v) is 3.54. The summed E-state index contributed by atoms with van der Waals surface area (Å²) >= 11 is 12.5. The lowest BCUT2D eigenvalue weighted by molar-refractivity contribution is 0.0660. The first-order valence-electron chi connectivity index (χ1n) is 8.87. The first kappa shape index (κ1) is 21.7. The molecule has 30 heavy (non-hydrogen) atoms. The van der Waals surface area contributed by atoms with Gasteiger partial charge in [-0.2, -0.15) is 5.26 Å². The Morgan fingerprint density at radius 1 is 1.13 bits per heavy atom. The van der Waals surface area contributed by atoms with E-state index in [0.29, 0.717) is 17.2 Å². The zero-order chi connectivity index (χ0) is 21.7. The van der Waals surface area contributed by atoms with Crippen LogP contribution >= 0.6 is 23.2 Å². The van der Waals surface area contributed by atoms with E-state index in [4.69, 9.17) is 23.2 Å². The summed E-state index contributed by atoms with van der Waals surface area (Å²) in [6.07, 6.45) is 3.04. The van der Waals surface area contributed by atoms with E-state index in [1.165, 1.54) is 4.90 Å². The van der Waals surface area contributed by atoms with Crippen LogP contribution in [0.1, 0.15) is 33.9 Å². The summed E-state index contributed by atoms with van der Waals surface area (Å²) in [4.78, 5) is 18.7. The topological polar surface area (TPSA) is 57.0 Å². The molecular formula is C22H15Cl2F2N3O. The van der Waals surface area contributed by atoms with Gasteiger partial charge in [-0.3, -0.25) is 9.78 Å². The quantitative estimate of drug-likeness (QED) is 0.469. The van der Waals surface area contributed by atoms with Gasteiger partial charge in [-0.1, -0.05) is 41.4 Å². The van der Waals surface area contributed by atoms with Crippen molar-refractivity contribution in [3.05, 3.63) is 99.3 Å². The lowest BCUT2D eigenvalue weighted by atomic mass is 10.00. The molecule has 0 aliphatic carbocycles. The summed E-state index contributed by atoms with van der Waals surface area (Å²) in [5.74, 6) is -2.41. The van der Waals surface area contributed by atoms with Crippen molar-refractivity contribution in [2.45, 2.75) is 19.0 Å². The van der Waals surface area contributed by atoms with Gasteiger partial charge in [0.15, 0.2) is 0 Å². The van der Waals surface area contributed by atoms with Crippen molar-refractivity contribution >= 4 is 29.1 Å². The van der Waals surface area contributed by atoms with Gasteiger partial charge >= 0.3 is 0 Å². The number of pyridine rings is 1. The summed E-state index contributed by atoms with van der Waals surface area (Å²) in [5.41, 5.74) is 0.945. The zero-order valence-corrected chi connectivity index (χ0v) is 17.0. The zero-order valence-electron chi connectivity index (χ0n) is 15.5. The van der Waals surface area contributed by atoms with Crippen LogP contribution in [0.4, 0.5) is 8.78 Å². The number of hydrogen-bond acceptors (Lipinski definition) is 3. The van der Waals surface area contributed by atoms with E-state index in [-0.39, 0.29) is 28.6 Å². The average Bonchev–Trinajstić information content (AvgIpc) is 2.72. The molecule has 0 spiro atoms. The van der Waals surface area contributed by atoms with Gasteiger partial charge in [-0.05, 0) is 35.4 Å². The molecule has 0 aliphatic heterocycles. The number of carbonyl (C=O) groups excluding carboxylic acids is 1. The minimum atomic E-state index is -0.878. The molecule has 1 aromatic heterocycles. The Balaban J connectivity index is 2.12. The maximum Gasteiger partial charge on any atom is 0.254 e. The molecule has 1 heterocycles. The number of amides is 1. The van der Waals surface area contributed by atoms with E-state index in [2.05, 4.69) is 4.98 Å². The van der Waals surface area contributed by atoms with Crippen LogP contribution in [0.25, 0.3) is 0 Å². The molecular weight excluding hydrogens is 431 g/mol. The lowest BCUT2D eigenvalue weighted by Crippen LogP contribution is -2.35. The fourth-order valence-electron chi connectivity index (χ4n) is 3.11. The van der Waals surface area contributed by atoms with Crippen LogP contribution in [0.5, 0.6) is 0 Å². The van der Waals surface area contributed by atoms with Crippen LogP contribution in [-0.4, -0.2) is 15.8 Å². The molecule has 0 bridgehead atoms. The summed E-state index contributed by atoms with van der Waals surface area (Å²) in [7, 11) is 0. The molecule has 1 atom stereocenters. The Kier molecular flexibility index (Phi) is 6.99. The van der Waals surface area contributed by atoms with Crippen molar-refractivity contribution < 1.29 is 13.6 Å². The van der Waals surface area contributed by atoms with Gasteiger partial charge in [-0.15, -0.1) is 0 Å². The van der Waals surface area contributed by atoms with Gasteiger partial charge in [0.05, 0.1) is 28.6 Å². The monoisotopic (exact) mass is 445 g/mol. The van der Waals surface area contributed by atoms with E-state index in [0.717, 1.165) is 12.1 Å².